The Hall–Kier alpha value is -10.5. The van der Waals surface area contributed by atoms with E-state index in [1.807, 2.05) is 5.32 Å². The zero-order valence-electron chi connectivity index (χ0n) is 61.5. The van der Waals surface area contributed by atoms with Gasteiger partial charge in [0, 0.05) is 93.6 Å². The van der Waals surface area contributed by atoms with E-state index in [-0.39, 0.29) is 66.1 Å². The predicted molar refractivity (Wildman–Crippen MR) is 386 cm³/mol. The van der Waals surface area contributed by atoms with Crippen LogP contribution in [0.1, 0.15) is 123 Å². The Balaban J connectivity index is 1.23. The lowest BCUT2D eigenvalue weighted by atomic mass is 9.85. The number of H-pyrrole nitrogens is 1. The number of nitrogens with two attached hydrogens (primary N) is 1. The Morgan fingerprint density at radius 3 is 2.02 bits per heavy atom. The molecule has 0 radical (unpaired) electrons. The SMILES string of the molecule is CC[C@H](C)[C@@H]1NC(=O)CNC(=O)C2CC(=O)[C@H]([C@@H](C)[C@@H](O)CO)NC(=O)[C@@H]3CC(O)CN3C(=O)[C@H](CC(N)=O)CC(=O)C(CS(=O)c3[nH]c4cc(OCc5ccc(N(C)C(=O)[C@H](C)CC(=O)[C@@H](NC(=O)NCCCC[C@H](NC(=O)N[C@@H](CCC(=O)O)C(=O)O)C(=O)O)C(C)C)cc5)ccc4c3C2)NC(=O)CNC1=O. The number of unbranched alkanes of at least 4 members (excludes halogenated alkanes) is 1. The molecule has 1 aromatic heterocycles. The number of aliphatic hydroxyl groups excluding tert-OH is 3. The molecule has 4 unspecified atom stereocenters. The number of urea groups is 2. The van der Waals surface area contributed by atoms with Crippen LogP contribution in [0.25, 0.3) is 10.9 Å². The molecule has 598 valence electrons. The fraction of sp³-hybridized carbons (Fsp3) is 0.577. The minimum atomic E-state index is -2.44. The van der Waals surface area contributed by atoms with E-state index in [0.717, 1.165) is 4.90 Å². The number of Topliss-reactive ketones (excluding diaryl/α,β-unsaturated/α-hetero) is 3. The van der Waals surface area contributed by atoms with E-state index < -0.39 is 272 Å². The number of aliphatic hydroxyl groups is 3. The minimum Gasteiger partial charge on any atom is -0.489 e. The van der Waals surface area contributed by atoms with Crippen molar-refractivity contribution in [2.75, 3.05) is 50.5 Å². The van der Waals surface area contributed by atoms with Crippen molar-refractivity contribution in [3.63, 3.8) is 0 Å². The molecule has 3 aliphatic rings. The summed E-state index contributed by atoms with van der Waals surface area (Å²) in [7, 11) is -0.928. The van der Waals surface area contributed by atoms with Crippen molar-refractivity contribution in [3.05, 3.63) is 53.6 Å². The number of ether oxygens (including phenoxy) is 1. The van der Waals surface area contributed by atoms with E-state index in [2.05, 4.69) is 47.5 Å². The number of benzene rings is 2. The highest BCUT2D eigenvalue weighted by molar-refractivity contribution is 7.85. The second-order valence-electron chi connectivity index (χ2n) is 28.1. The summed E-state index contributed by atoms with van der Waals surface area (Å²) < 4.78 is 21.5. The van der Waals surface area contributed by atoms with Crippen LogP contribution in [0.5, 0.6) is 5.75 Å². The van der Waals surface area contributed by atoms with Gasteiger partial charge in [0.15, 0.2) is 17.3 Å². The molecule has 3 aliphatic heterocycles. The van der Waals surface area contributed by atoms with E-state index >= 15 is 4.21 Å². The van der Waals surface area contributed by atoms with E-state index in [9.17, 15) is 102 Å². The van der Waals surface area contributed by atoms with E-state index in [1.54, 1.807) is 65.0 Å². The van der Waals surface area contributed by atoms with Gasteiger partial charge in [-0.05, 0) is 79.3 Å². The monoisotopic (exact) mass is 1550 g/mol. The number of nitrogens with zero attached hydrogens (tertiary/aromatic N) is 2. The second kappa shape index (κ2) is 40.6. The maximum absolute atomic E-state index is 15.3. The zero-order chi connectivity index (χ0) is 80.8. The first kappa shape index (κ1) is 87.4. The number of nitrogens with one attached hydrogen (secondary N) is 10. The Labute approximate surface area is 629 Å². The number of carbonyl (C=O) groups is 16. The number of primary amides is 1. The largest absolute Gasteiger partial charge is 0.489 e. The summed E-state index contributed by atoms with van der Waals surface area (Å²) in [6, 6.07) is -1.07. The summed E-state index contributed by atoms with van der Waals surface area (Å²) in [5, 5.41) is 82.0. The average Bonchev–Trinajstić information content (AvgIpc) is 1.64. The highest BCUT2D eigenvalue weighted by atomic mass is 32.2. The van der Waals surface area contributed by atoms with Crippen molar-refractivity contribution in [1.82, 2.24) is 57.7 Å². The average molecular weight is 1550 g/mol. The summed E-state index contributed by atoms with van der Waals surface area (Å²) in [5.74, 6) is -20.7. The molecule has 0 aliphatic carbocycles. The van der Waals surface area contributed by atoms with Crippen LogP contribution in [0.2, 0.25) is 0 Å². The maximum atomic E-state index is 15.3. The third-order valence-electron chi connectivity index (χ3n) is 19.5. The van der Waals surface area contributed by atoms with Crippen molar-refractivity contribution in [3.8, 4) is 5.75 Å². The van der Waals surface area contributed by atoms with Gasteiger partial charge < -0.3 is 104 Å². The first-order valence-corrected chi connectivity index (χ1v) is 37.1. The van der Waals surface area contributed by atoms with Crippen molar-refractivity contribution in [2.24, 2.45) is 41.2 Å². The number of amides is 12. The number of aliphatic carboxylic acids is 3. The molecule has 12 amide bonds. The number of aromatic nitrogens is 1. The minimum absolute atomic E-state index is 0.0185. The second-order valence-corrected chi connectivity index (χ2v) is 29.5. The number of anilines is 1. The Morgan fingerprint density at radius 1 is 0.761 bits per heavy atom. The van der Waals surface area contributed by atoms with Gasteiger partial charge in [0.1, 0.15) is 41.5 Å². The molecule has 1 saturated heterocycles. The normalized spacial score (nSPS) is 22.6. The van der Waals surface area contributed by atoms with Crippen molar-refractivity contribution in [2.45, 2.75) is 185 Å². The highest BCUT2D eigenvalue weighted by Crippen LogP contribution is 2.34. The quantitative estimate of drug-likeness (QED) is 0.0343. The van der Waals surface area contributed by atoms with Crippen LogP contribution in [0.15, 0.2) is 47.5 Å². The molecular weight excluding hydrogens is 1450 g/mol. The van der Waals surface area contributed by atoms with Gasteiger partial charge in [-0.1, -0.05) is 60.1 Å². The van der Waals surface area contributed by atoms with Crippen molar-refractivity contribution >= 4 is 122 Å². The molecule has 109 heavy (non-hydrogen) atoms. The fourth-order valence-corrected chi connectivity index (χ4v) is 14.4. The number of ketones is 3. The molecular formula is C71H99N13O24S. The maximum Gasteiger partial charge on any atom is 0.326 e. The summed E-state index contributed by atoms with van der Waals surface area (Å²) in [5.41, 5.74) is 6.99. The summed E-state index contributed by atoms with van der Waals surface area (Å²) in [4.78, 5) is 220. The number of aromatic amines is 1. The van der Waals surface area contributed by atoms with Crippen LogP contribution in [0.3, 0.4) is 0 Å². The molecule has 37 nitrogen and oxygen atoms in total. The predicted octanol–water partition coefficient (Wildman–Crippen LogP) is -1.74. The highest BCUT2D eigenvalue weighted by Gasteiger charge is 2.46. The van der Waals surface area contributed by atoms with E-state index in [0.29, 0.717) is 17.7 Å². The van der Waals surface area contributed by atoms with Gasteiger partial charge in [-0.15, -0.1) is 0 Å². The molecule has 2 aromatic carbocycles. The van der Waals surface area contributed by atoms with Gasteiger partial charge in [-0.3, -0.25) is 61.7 Å². The van der Waals surface area contributed by atoms with Crippen LogP contribution in [0.4, 0.5) is 15.3 Å². The lowest BCUT2D eigenvalue weighted by Crippen LogP contribution is -2.56. The van der Waals surface area contributed by atoms with Gasteiger partial charge in [-0.25, -0.2) is 19.2 Å². The molecule has 6 rings (SSSR count). The molecule has 38 heteroatoms. The van der Waals surface area contributed by atoms with E-state index in [4.69, 9.17) is 15.6 Å². The van der Waals surface area contributed by atoms with Crippen LogP contribution >= 0.6 is 0 Å². The molecule has 0 saturated carbocycles. The lowest BCUT2D eigenvalue weighted by Gasteiger charge is -2.32. The van der Waals surface area contributed by atoms with E-state index in [1.165, 1.54) is 31.0 Å². The van der Waals surface area contributed by atoms with Gasteiger partial charge in [0.25, 0.3) is 0 Å². The summed E-state index contributed by atoms with van der Waals surface area (Å²) in [6.45, 7) is 6.59. The number of carbonyl (C=O) groups excluding carboxylic acids is 13. The molecule has 4 heterocycles. The topological polar surface area (TPSA) is 577 Å². The third kappa shape index (κ3) is 25.0. The van der Waals surface area contributed by atoms with Crippen molar-refractivity contribution < 1.29 is 116 Å². The van der Waals surface area contributed by atoms with Gasteiger partial charge >= 0.3 is 30.0 Å². The molecule has 0 spiro atoms. The van der Waals surface area contributed by atoms with Gasteiger partial charge in [0.05, 0.1) is 78.0 Å². The number of fused-ring (bicyclic) bond motifs is 5. The number of hydrogen-bond donors (Lipinski definition) is 17. The first-order chi connectivity index (χ1) is 51.4. The smallest absolute Gasteiger partial charge is 0.326 e. The number of carboxylic acid groups (broad SMARTS) is 3. The molecule has 18 N–H and O–H groups in total. The van der Waals surface area contributed by atoms with Crippen molar-refractivity contribution in [1.29, 1.82) is 0 Å². The Bertz CT molecular complexity index is 3910. The summed E-state index contributed by atoms with van der Waals surface area (Å²) >= 11 is 0. The summed E-state index contributed by atoms with van der Waals surface area (Å²) in [6.07, 6.45) is -7.08. The third-order valence-corrected chi connectivity index (χ3v) is 20.9. The number of rotatable bonds is 29. The Morgan fingerprint density at radius 2 is 1.40 bits per heavy atom. The molecule has 15 atom stereocenters. The van der Waals surface area contributed by atoms with Crippen LogP contribution in [0, 0.1) is 35.5 Å². The lowest BCUT2D eigenvalue weighted by molar-refractivity contribution is -0.145. The standard InChI is InChI=1S/C71H99N13O24S/c1-8-35(4)60-64(98)75-28-56(92)76-49-33-109(107)65-45(22-39(62(96)74-29-57(93)80-60)23-53(89)61(37(6)54(90)31-85)81-63(97)50-26-42(86)30-84(50)67(100)40(24-51(49)87)25-55(72)91)44-17-16-43(27-48(44)77-65)108-32-38-12-14-41(15-13-38)83(7)66(99)36(5)21-52(88)59(34(2)3)82-70(105)73-20-10-9-11-46(68(101)102)78-71(106)79-47(69(103)104)18-19-58(94)95/h12-17,27,34-37,39-40,42,46-47,49-50,54,59-61,77,85-86,90H,8-11,18-26,28-33H2,1-7H3,(H2,72,91)(H,74,96)(H,75,98)(H,76,92)(H,80,93)(H,81,97)(H,94,95)(H,101,102)(H,103,104)(H2,73,82,105)(H2,78,79,106)/t35-,36+,37-,39?,40-,42?,46-,47-,49?,50-,54-,59-,60-,61-,109?/m0/s1. The fourth-order valence-electron chi connectivity index (χ4n) is 12.9. The van der Waals surface area contributed by atoms with Crippen LogP contribution in [-0.4, -0.2) is 239 Å². The van der Waals surface area contributed by atoms with Crippen LogP contribution in [-0.2, 0) is 91.0 Å². The first-order valence-electron chi connectivity index (χ1n) is 35.8. The van der Waals surface area contributed by atoms with Crippen LogP contribution < -0.4 is 63.2 Å². The number of hydrogen-bond acceptors (Lipinski definition) is 21. The molecule has 3 aromatic rings. The van der Waals surface area contributed by atoms with Gasteiger partial charge in [0.2, 0.25) is 47.3 Å². The molecule has 1 fully saturated rings. The van der Waals surface area contributed by atoms with Gasteiger partial charge in [-0.2, -0.15) is 0 Å². The zero-order valence-corrected chi connectivity index (χ0v) is 62.4. The number of carboxylic acids is 3. The molecule has 2 bridgehead atoms. The Kier molecular flexibility index (Phi) is 32.6.